The van der Waals surface area contributed by atoms with Crippen LogP contribution in [0.2, 0.25) is 0 Å². The van der Waals surface area contributed by atoms with Crippen molar-refractivity contribution in [2.24, 2.45) is 11.8 Å². The minimum Gasteiger partial charge on any atom is -0.467 e. The van der Waals surface area contributed by atoms with Crippen LogP contribution >= 0.6 is 12.2 Å². The average Bonchev–Trinajstić information content (AvgIpc) is 3.31. The molecule has 3 amide bonds. The van der Waals surface area contributed by atoms with Gasteiger partial charge in [-0.05, 0) is 37.2 Å². The minimum absolute atomic E-state index is 0.0168. The second-order valence-electron chi connectivity index (χ2n) is 7.02. The van der Waals surface area contributed by atoms with Crippen molar-refractivity contribution in [2.75, 3.05) is 6.54 Å². The molecule has 1 unspecified atom stereocenters. The Morgan fingerprint density at radius 2 is 1.93 bits per heavy atom. The van der Waals surface area contributed by atoms with Crippen molar-refractivity contribution in [3.63, 3.8) is 0 Å². The summed E-state index contributed by atoms with van der Waals surface area (Å²) in [6.07, 6.45) is 6.70. The van der Waals surface area contributed by atoms with Crippen LogP contribution in [0.25, 0.3) is 0 Å². The molecular weight excluding hydrogens is 368 g/mol. The highest BCUT2D eigenvalue weighted by molar-refractivity contribution is 7.80. The van der Waals surface area contributed by atoms with Gasteiger partial charge in [0.05, 0.1) is 18.7 Å². The normalized spacial score (nSPS) is 20.4. The molecule has 1 saturated heterocycles. The zero-order valence-electron chi connectivity index (χ0n) is 15.0. The van der Waals surface area contributed by atoms with Gasteiger partial charge in [0.2, 0.25) is 17.7 Å². The maximum absolute atomic E-state index is 12.3. The number of rotatable bonds is 4. The lowest BCUT2D eigenvalue weighted by Crippen LogP contribution is -2.51. The average molecular weight is 392 g/mol. The van der Waals surface area contributed by atoms with Gasteiger partial charge in [-0.2, -0.15) is 0 Å². The highest BCUT2D eigenvalue weighted by Crippen LogP contribution is 2.23. The van der Waals surface area contributed by atoms with Crippen LogP contribution in [0.5, 0.6) is 0 Å². The minimum atomic E-state index is -0.475. The molecule has 146 valence electrons. The fraction of sp³-hybridized carbons (Fsp3) is 0.556. The molecule has 1 aromatic heterocycles. The number of likely N-dealkylation sites (tertiary alicyclic amines) is 1. The Morgan fingerprint density at radius 1 is 1.15 bits per heavy atom. The van der Waals surface area contributed by atoms with Gasteiger partial charge in [-0.25, -0.2) is 0 Å². The van der Waals surface area contributed by atoms with E-state index < -0.39 is 5.92 Å². The van der Waals surface area contributed by atoms with E-state index in [0.717, 1.165) is 25.7 Å². The van der Waals surface area contributed by atoms with Crippen LogP contribution in [0.3, 0.4) is 0 Å². The maximum atomic E-state index is 12.3. The first-order valence-corrected chi connectivity index (χ1v) is 9.64. The summed E-state index contributed by atoms with van der Waals surface area (Å²) >= 11 is 5.07. The number of hydrazine groups is 1. The predicted molar refractivity (Wildman–Crippen MR) is 101 cm³/mol. The first kappa shape index (κ1) is 19.3. The van der Waals surface area contributed by atoms with Gasteiger partial charge in [0.1, 0.15) is 5.76 Å². The van der Waals surface area contributed by atoms with E-state index in [0.29, 0.717) is 18.8 Å². The van der Waals surface area contributed by atoms with Gasteiger partial charge in [0.25, 0.3) is 0 Å². The third kappa shape index (κ3) is 5.29. The standard InChI is InChI=1S/C18H24N4O4S/c23-15-9-13(10-22(15)11-14-7-4-8-26-14)17(25)20-21-18(27)19-16(24)12-5-2-1-3-6-12/h4,7-8,12-13H,1-3,5-6,9-11H2,(H,20,25)(H2,19,21,24,27). The van der Waals surface area contributed by atoms with E-state index in [-0.39, 0.29) is 35.2 Å². The number of furan rings is 1. The zero-order chi connectivity index (χ0) is 19.2. The molecule has 1 aliphatic heterocycles. The molecule has 9 heteroatoms. The van der Waals surface area contributed by atoms with Gasteiger partial charge in [0, 0.05) is 18.9 Å². The summed E-state index contributed by atoms with van der Waals surface area (Å²) in [5.74, 6) is -0.357. The third-order valence-electron chi connectivity index (χ3n) is 5.02. The molecule has 1 aliphatic carbocycles. The number of amides is 3. The molecule has 3 N–H and O–H groups in total. The highest BCUT2D eigenvalue weighted by Gasteiger charge is 2.34. The van der Waals surface area contributed by atoms with Gasteiger partial charge in [-0.3, -0.25) is 25.2 Å². The first-order chi connectivity index (χ1) is 13.0. The van der Waals surface area contributed by atoms with E-state index in [4.69, 9.17) is 16.6 Å². The molecule has 3 rings (SSSR count). The number of carbonyl (C=O) groups is 3. The Bertz CT molecular complexity index is 700. The molecule has 1 saturated carbocycles. The summed E-state index contributed by atoms with van der Waals surface area (Å²) in [4.78, 5) is 38.1. The quantitative estimate of drug-likeness (QED) is 0.526. The van der Waals surface area contributed by atoms with Crippen LogP contribution in [0.1, 0.15) is 44.3 Å². The van der Waals surface area contributed by atoms with Crippen LogP contribution in [-0.2, 0) is 20.9 Å². The highest BCUT2D eigenvalue weighted by atomic mass is 32.1. The molecular formula is C18H24N4O4S. The maximum Gasteiger partial charge on any atom is 0.243 e. The van der Waals surface area contributed by atoms with E-state index in [1.54, 1.807) is 23.3 Å². The van der Waals surface area contributed by atoms with E-state index in [2.05, 4.69) is 16.2 Å². The lowest BCUT2D eigenvalue weighted by atomic mass is 9.89. The summed E-state index contributed by atoms with van der Waals surface area (Å²) < 4.78 is 5.24. The smallest absolute Gasteiger partial charge is 0.243 e. The lowest BCUT2D eigenvalue weighted by molar-refractivity contribution is -0.129. The zero-order valence-corrected chi connectivity index (χ0v) is 15.8. The number of nitrogens with one attached hydrogen (secondary N) is 3. The largest absolute Gasteiger partial charge is 0.467 e. The van der Waals surface area contributed by atoms with Crippen LogP contribution in [-0.4, -0.2) is 34.3 Å². The van der Waals surface area contributed by atoms with E-state index in [1.165, 1.54) is 6.42 Å². The van der Waals surface area contributed by atoms with E-state index >= 15 is 0 Å². The molecule has 2 fully saturated rings. The van der Waals surface area contributed by atoms with Crippen LogP contribution in [0.15, 0.2) is 22.8 Å². The van der Waals surface area contributed by atoms with Crippen LogP contribution < -0.4 is 16.2 Å². The van der Waals surface area contributed by atoms with Gasteiger partial charge in [0.15, 0.2) is 5.11 Å². The summed E-state index contributed by atoms with van der Waals surface area (Å²) in [7, 11) is 0. The molecule has 1 aromatic rings. The fourth-order valence-corrected chi connectivity index (χ4v) is 3.67. The predicted octanol–water partition coefficient (Wildman–Crippen LogP) is 1.23. The first-order valence-electron chi connectivity index (χ1n) is 9.24. The molecule has 0 spiro atoms. The lowest BCUT2D eigenvalue weighted by Gasteiger charge is -2.21. The van der Waals surface area contributed by atoms with Gasteiger partial charge >= 0.3 is 0 Å². The molecule has 0 aromatic carbocycles. The molecule has 1 atom stereocenters. The van der Waals surface area contributed by atoms with Gasteiger partial charge < -0.3 is 14.6 Å². The Morgan fingerprint density at radius 3 is 2.63 bits per heavy atom. The Labute approximate surface area is 163 Å². The third-order valence-corrected chi connectivity index (χ3v) is 5.23. The second kappa shape index (κ2) is 8.98. The van der Waals surface area contributed by atoms with Crippen molar-refractivity contribution in [1.29, 1.82) is 0 Å². The molecule has 0 bridgehead atoms. The van der Waals surface area contributed by atoms with Crippen molar-refractivity contribution in [1.82, 2.24) is 21.1 Å². The fourth-order valence-electron chi connectivity index (χ4n) is 3.52. The Kier molecular flexibility index (Phi) is 6.44. The Hall–Kier alpha value is -2.42. The summed E-state index contributed by atoms with van der Waals surface area (Å²) in [5.41, 5.74) is 5.04. The summed E-state index contributed by atoms with van der Waals surface area (Å²) in [5, 5.41) is 2.69. The molecule has 8 nitrogen and oxygen atoms in total. The van der Waals surface area contributed by atoms with E-state index in [9.17, 15) is 14.4 Å². The topological polar surface area (TPSA) is 104 Å². The van der Waals surface area contributed by atoms with E-state index in [1.807, 2.05) is 0 Å². The van der Waals surface area contributed by atoms with Crippen molar-refractivity contribution in [3.05, 3.63) is 24.2 Å². The van der Waals surface area contributed by atoms with Crippen molar-refractivity contribution >= 4 is 35.1 Å². The molecule has 2 heterocycles. The second-order valence-corrected chi connectivity index (χ2v) is 7.43. The number of carbonyl (C=O) groups excluding carboxylic acids is 3. The van der Waals surface area contributed by atoms with Crippen molar-refractivity contribution in [2.45, 2.75) is 45.1 Å². The Balaban J connectivity index is 1.40. The molecule has 0 radical (unpaired) electrons. The van der Waals surface area contributed by atoms with Gasteiger partial charge in [-0.15, -0.1) is 0 Å². The number of hydrogen-bond acceptors (Lipinski definition) is 5. The SMILES string of the molecule is O=C(NNC(=S)NC(=O)C1CCCCC1)C1CC(=O)N(Cc2ccco2)C1. The number of hydrogen-bond donors (Lipinski definition) is 3. The number of nitrogens with zero attached hydrogens (tertiary/aromatic N) is 1. The summed E-state index contributed by atoms with van der Waals surface area (Å²) in [6.45, 7) is 0.660. The van der Waals surface area contributed by atoms with Crippen molar-refractivity contribution < 1.29 is 18.8 Å². The van der Waals surface area contributed by atoms with Crippen molar-refractivity contribution in [3.8, 4) is 0 Å². The molecule has 2 aliphatic rings. The molecule has 27 heavy (non-hydrogen) atoms. The van der Waals surface area contributed by atoms with Gasteiger partial charge in [-0.1, -0.05) is 19.3 Å². The number of thiocarbonyl (C=S) groups is 1. The van der Waals surface area contributed by atoms with Crippen LogP contribution in [0.4, 0.5) is 0 Å². The monoisotopic (exact) mass is 392 g/mol. The van der Waals surface area contributed by atoms with Crippen LogP contribution in [0, 0.1) is 11.8 Å². The summed E-state index contributed by atoms with van der Waals surface area (Å²) in [6, 6.07) is 3.54.